The third-order valence-electron chi connectivity index (χ3n) is 5.17. The van der Waals surface area contributed by atoms with E-state index in [0.717, 1.165) is 5.56 Å². The lowest BCUT2D eigenvalue weighted by atomic mass is 9.84. The topological polar surface area (TPSA) is 26.3 Å². The molecule has 4 aromatic carbocycles. The predicted octanol–water partition coefficient (Wildman–Crippen LogP) is 6.03. The van der Waals surface area contributed by atoms with Crippen molar-refractivity contribution in [3.8, 4) is 28.0 Å². The van der Waals surface area contributed by atoms with Crippen LogP contribution in [0.25, 0.3) is 33.0 Å². The molecule has 1 aliphatic rings. The van der Waals surface area contributed by atoms with Crippen LogP contribution < -0.4 is 4.74 Å². The van der Waals surface area contributed by atoms with Crippen LogP contribution in [0, 0.1) is 0 Å². The molecule has 2 heteroatoms. The smallest absolute Gasteiger partial charge is 0.311 e. The van der Waals surface area contributed by atoms with Crippen LogP contribution in [0.1, 0.15) is 12.0 Å². The molecule has 0 radical (unpaired) electrons. The lowest BCUT2D eigenvalue weighted by Crippen LogP contribution is -2.13. The lowest BCUT2D eigenvalue weighted by Gasteiger charge is -2.22. The normalized spacial score (nSPS) is 13.3. The Morgan fingerprint density at radius 3 is 2.33 bits per heavy atom. The third kappa shape index (κ3) is 2.70. The van der Waals surface area contributed by atoms with Gasteiger partial charge in [-0.2, -0.15) is 0 Å². The number of ether oxygens (including phenoxy) is 1. The molecule has 4 aromatic rings. The highest BCUT2D eigenvalue weighted by Crippen LogP contribution is 2.45. The van der Waals surface area contributed by atoms with Gasteiger partial charge >= 0.3 is 5.97 Å². The SMILES string of the molecule is O=C1CCc2cc3ccccc3c(-c3ccccc3)c2-c2ccccc2O1. The maximum absolute atomic E-state index is 12.2. The summed E-state index contributed by atoms with van der Waals surface area (Å²) in [6.07, 6.45) is 1.06. The summed E-state index contributed by atoms with van der Waals surface area (Å²) in [5, 5.41) is 2.41. The van der Waals surface area contributed by atoms with Crippen LogP contribution in [-0.2, 0) is 11.2 Å². The first-order valence-corrected chi connectivity index (χ1v) is 9.21. The number of carbonyl (C=O) groups is 1. The monoisotopic (exact) mass is 350 g/mol. The highest BCUT2D eigenvalue weighted by atomic mass is 16.5. The van der Waals surface area contributed by atoms with Crippen molar-refractivity contribution < 1.29 is 9.53 Å². The predicted molar refractivity (Wildman–Crippen MR) is 109 cm³/mol. The highest BCUT2D eigenvalue weighted by Gasteiger charge is 2.23. The fraction of sp³-hybridized carbons (Fsp3) is 0.0800. The van der Waals surface area contributed by atoms with E-state index in [1.54, 1.807) is 0 Å². The third-order valence-corrected chi connectivity index (χ3v) is 5.17. The fourth-order valence-electron chi connectivity index (χ4n) is 3.99. The maximum atomic E-state index is 12.2. The second-order valence-electron chi connectivity index (χ2n) is 6.84. The second-order valence-corrected chi connectivity index (χ2v) is 6.84. The first-order chi connectivity index (χ1) is 13.3. The van der Waals surface area contributed by atoms with Gasteiger partial charge in [0.2, 0.25) is 0 Å². The molecule has 0 spiro atoms. The van der Waals surface area contributed by atoms with E-state index >= 15 is 0 Å². The summed E-state index contributed by atoms with van der Waals surface area (Å²) in [5.74, 6) is 0.457. The van der Waals surface area contributed by atoms with Crippen molar-refractivity contribution in [3.05, 3.63) is 90.5 Å². The van der Waals surface area contributed by atoms with Gasteiger partial charge in [0, 0.05) is 5.56 Å². The molecule has 0 bridgehead atoms. The van der Waals surface area contributed by atoms with Crippen molar-refractivity contribution in [3.63, 3.8) is 0 Å². The van der Waals surface area contributed by atoms with Crippen LogP contribution in [0.3, 0.4) is 0 Å². The largest absolute Gasteiger partial charge is 0.426 e. The highest BCUT2D eigenvalue weighted by molar-refractivity contribution is 6.06. The van der Waals surface area contributed by atoms with Gasteiger partial charge in [-0.05, 0) is 45.5 Å². The number of aryl methyl sites for hydroxylation is 1. The molecule has 0 aliphatic carbocycles. The van der Waals surface area contributed by atoms with Gasteiger partial charge in [-0.25, -0.2) is 0 Å². The van der Waals surface area contributed by atoms with E-state index in [9.17, 15) is 4.79 Å². The number of benzene rings is 4. The Morgan fingerprint density at radius 1 is 0.704 bits per heavy atom. The van der Waals surface area contributed by atoms with Crippen molar-refractivity contribution in [2.75, 3.05) is 0 Å². The molecule has 5 rings (SSSR count). The minimum absolute atomic E-state index is 0.178. The molecule has 1 heterocycles. The van der Waals surface area contributed by atoms with Gasteiger partial charge in [-0.15, -0.1) is 0 Å². The van der Waals surface area contributed by atoms with Gasteiger partial charge in [0.25, 0.3) is 0 Å². The van der Waals surface area contributed by atoms with E-state index in [2.05, 4.69) is 54.6 Å². The van der Waals surface area contributed by atoms with Crippen LogP contribution >= 0.6 is 0 Å². The fourth-order valence-corrected chi connectivity index (χ4v) is 3.99. The van der Waals surface area contributed by atoms with Crippen LogP contribution in [0.4, 0.5) is 0 Å². The number of hydrogen-bond donors (Lipinski definition) is 0. The van der Waals surface area contributed by atoms with Crippen molar-refractivity contribution in [1.82, 2.24) is 0 Å². The first-order valence-electron chi connectivity index (χ1n) is 9.21. The summed E-state index contributed by atoms with van der Waals surface area (Å²) in [6, 6.07) is 29.0. The Kier molecular flexibility index (Phi) is 3.75. The summed E-state index contributed by atoms with van der Waals surface area (Å²) in [4.78, 5) is 12.2. The molecule has 1 aliphatic heterocycles. The Morgan fingerprint density at radius 2 is 1.44 bits per heavy atom. The number of carbonyl (C=O) groups excluding carboxylic acids is 1. The van der Waals surface area contributed by atoms with Gasteiger partial charge in [0.1, 0.15) is 5.75 Å². The quantitative estimate of drug-likeness (QED) is 0.310. The van der Waals surface area contributed by atoms with E-state index < -0.39 is 0 Å². The molecule has 0 saturated carbocycles. The van der Waals surface area contributed by atoms with E-state index in [-0.39, 0.29) is 5.97 Å². The van der Waals surface area contributed by atoms with Crippen LogP contribution in [0.5, 0.6) is 5.75 Å². The molecule has 0 saturated heterocycles. The Bertz CT molecular complexity index is 1160. The zero-order valence-electron chi connectivity index (χ0n) is 14.8. The summed E-state index contributed by atoms with van der Waals surface area (Å²) in [7, 11) is 0. The molecule has 2 nitrogen and oxygen atoms in total. The standard InChI is InChI=1S/C25H18O2/c26-23-15-14-19-16-18-10-4-5-11-20(18)24(17-8-2-1-3-9-17)25(19)21-12-6-7-13-22(21)27-23/h1-13,16H,14-15H2. The van der Waals surface area contributed by atoms with Gasteiger partial charge in [0.05, 0.1) is 6.42 Å². The molecule has 0 fully saturated rings. The molecule has 27 heavy (non-hydrogen) atoms. The summed E-state index contributed by atoms with van der Waals surface area (Å²) < 4.78 is 5.66. The molecule has 0 N–H and O–H groups in total. The number of para-hydroxylation sites is 1. The minimum Gasteiger partial charge on any atom is -0.426 e. The molecule has 0 unspecified atom stereocenters. The van der Waals surface area contributed by atoms with Crippen LogP contribution in [-0.4, -0.2) is 5.97 Å². The van der Waals surface area contributed by atoms with Crippen LogP contribution in [0.2, 0.25) is 0 Å². The summed E-state index contributed by atoms with van der Waals surface area (Å²) in [6.45, 7) is 0. The van der Waals surface area contributed by atoms with E-state index in [1.807, 2.05) is 30.3 Å². The van der Waals surface area contributed by atoms with Gasteiger partial charge in [-0.3, -0.25) is 4.79 Å². The van der Waals surface area contributed by atoms with E-state index in [1.165, 1.54) is 33.0 Å². The summed E-state index contributed by atoms with van der Waals surface area (Å²) >= 11 is 0. The molecule has 0 atom stereocenters. The Balaban J connectivity index is 1.94. The number of rotatable bonds is 1. The van der Waals surface area contributed by atoms with Crippen LogP contribution in [0.15, 0.2) is 84.9 Å². The van der Waals surface area contributed by atoms with Crippen molar-refractivity contribution in [2.24, 2.45) is 0 Å². The summed E-state index contributed by atoms with van der Waals surface area (Å²) in [5.41, 5.74) is 5.71. The lowest BCUT2D eigenvalue weighted by molar-refractivity contribution is -0.134. The minimum atomic E-state index is -0.178. The van der Waals surface area contributed by atoms with E-state index in [0.29, 0.717) is 18.6 Å². The van der Waals surface area contributed by atoms with Gasteiger partial charge in [-0.1, -0.05) is 78.9 Å². The number of hydrogen-bond acceptors (Lipinski definition) is 2. The van der Waals surface area contributed by atoms with Crippen molar-refractivity contribution >= 4 is 16.7 Å². The van der Waals surface area contributed by atoms with E-state index in [4.69, 9.17) is 4.74 Å². The average Bonchev–Trinajstić information content (AvgIpc) is 2.71. The second kappa shape index (κ2) is 6.40. The maximum Gasteiger partial charge on any atom is 0.311 e. The average molecular weight is 350 g/mol. The molecular formula is C25H18O2. The first kappa shape index (κ1) is 15.8. The van der Waals surface area contributed by atoms with Crippen molar-refractivity contribution in [2.45, 2.75) is 12.8 Å². The van der Waals surface area contributed by atoms with Crippen molar-refractivity contribution in [1.29, 1.82) is 0 Å². The molecular weight excluding hydrogens is 332 g/mol. The molecule has 0 amide bonds. The Hall–Kier alpha value is -3.39. The van der Waals surface area contributed by atoms with Gasteiger partial charge < -0.3 is 4.74 Å². The van der Waals surface area contributed by atoms with Gasteiger partial charge in [0.15, 0.2) is 0 Å². The zero-order chi connectivity index (χ0) is 18.2. The number of esters is 1. The number of fused-ring (bicyclic) bond motifs is 4. The molecule has 0 aromatic heterocycles. The zero-order valence-corrected chi connectivity index (χ0v) is 14.8. The molecule has 130 valence electrons. The Labute approximate surface area is 158 Å².